The summed E-state index contributed by atoms with van der Waals surface area (Å²) in [5.41, 5.74) is 0. The molecule has 1 aliphatic carbocycles. The first-order valence-electron chi connectivity index (χ1n) is 7.34. The summed E-state index contributed by atoms with van der Waals surface area (Å²) in [5, 5.41) is 4.02. The minimum absolute atomic E-state index is 0.0288. The number of hydrogen-bond donors (Lipinski definition) is 1. The van der Waals surface area contributed by atoms with Gasteiger partial charge in [0.2, 0.25) is 0 Å². The molecule has 0 bridgehead atoms. The number of rotatable bonds is 4. The van der Waals surface area contributed by atoms with E-state index >= 15 is 0 Å². The van der Waals surface area contributed by atoms with Crippen LogP contribution in [0.3, 0.4) is 0 Å². The molecule has 5 heteroatoms. The van der Waals surface area contributed by atoms with Gasteiger partial charge in [0.05, 0.1) is 5.02 Å². The summed E-state index contributed by atoms with van der Waals surface area (Å²) < 4.78 is 5.45. The Bertz CT molecular complexity index is 507. The van der Waals surface area contributed by atoms with E-state index < -0.39 is 0 Å². The molecule has 3 atom stereocenters. The van der Waals surface area contributed by atoms with E-state index in [1.54, 1.807) is 18.2 Å². The smallest absolute Gasteiger partial charge is 0.258 e. The second kappa shape index (κ2) is 7.37. The average Bonchev–Trinajstić information content (AvgIpc) is 2.43. The third-order valence-corrected chi connectivity index (χ3v) is 4.84. The molecule has 1 amide bonds. The normalized spacial score (nSPS) is 25.4. The van der Waals surface area contributed by atoms with Gasteiger partial charge in [0.1, 0.15) is 5.75 Å². The number of halogens is 2. The Morgan fingerprint density at radius 2 is 2.10 bits per heavy atom. The molecule has 0 heterocycles. The van der Waals surface area contributed by atoms with E-state index in [9.17, 15) is 4.79 Å². The fourth-order valence-electron chi connectivity index (χ4n) is 2.77. The van der Waals surface area contributed by atoms with Crippen LogP contribution >= 0.6 is 23.2 Å². The van der Waals surface area contributed by atoms with Crippen LogP contribution in [0.1, 0.15) is 33.1 Å². The van der Waals surface area contributed by atoms with Crippen molar-refractivity contribution in [1.82, 2.24) is 5.32 Å². The van der Waals surface area contributed by atoms with Gasteiger partial charge in [-0.3, -0.25) is 4.79 Å². The Labute approximate surface area is 136 Å². The van der Waals surface area contributed by atoms with Gasteiger partial charge in [0.25, 0.3) is 5.91 Å². The first-order valence-corrected chi connectivity index (χ1v) is 8.10. The zero-order chi connectivity index (χ0) is 15.4. The Morgan fingerprint density at radius 1 is 1.33 bits per heavy atom. The van der Waals surface area contributed by atoms with Gasteiger partial charge in [-0.2, -0.15) is 0 Å². The zero-order valence-corrected chi connectivity index (χ0v) is 13.9. The molecule has 0 aromatic heterocycles. The van der Waals surface area contributed by atoms with Gasteiger partial charge < -0.3 is 10.1 Å². The van der Waals surface area contributed by atoms with E-state index in [2.05, 4.69) is 19.2 Å². The van der Waals surface area contributed by atoms with Crippen LogP contribution in [0.4, 0.5) is 0 Å². The maximum Gasteiger partial charge on any atom is 0.258 e. The SMILES string of the molecule is C[C@@H]1[C@H](C)CCC[C@H]1NC(=O)COc1ccc(Cl)cc1Cl. The fraction of sp³-hybridized carbons (Fsp3) is 0.562. The van der Waals surface area contributed by atoms with Crippen LogP contribution in [0.2, 0.25) is 10.0 Å². The maximum absolute atomic E-state index is 12.0. The number of ether oxygens (including phenoxy) is 1. The van der Waals surface area contributed by atoms with E-state index in [0.29, 0.717) is 27.6 Å². The topological polar surface area (TPSA) is 38.3 Å². The lowest BCUT2D eigenvalue weighted by Gasteiger charge is -2.34. The molecule has 0 saturated heterocycles. The molecule has 21 heavy (non-hydrogen) atoms. The van der Waals surface area contributed by atoms with Crippen molar-refractivity contribution in [3.05, 3.63) is 28.2 Å². The molecule has 1 N–H and O–H groups in total. The highest BCUT2D eigenvalue weighted by atomic mass is 35.5. The summed E-state index contributed by atoms with van der Waals surface area (Å²) >= 11 is 11.8. The van der Waals surface area contributed by atoms with Crippen molar-refractivity contribution in [3.8, 4) is 5.75 Å². The molecule has 2 rings (SSSR count). The third-order valence-electron chi connectivity index (χ3n) is 4.31. The lowest BCUT2D eigenvalue weighted by Crippen LogP contribution is -2.45. The van der Waals surface area contributed by atoms with Crippen LogP contribution in [0.5, 0.6) is 5.75 Å². The Balaban J connectivity index is 1.84. The highest BCUT2D eigenvalue weighted by Gasteiger charge is 2.28. The Hall–Kier alpha value is -0.930. The largest absolute Gasteiger partial charge is 0.482 e. The van der Waals surface area contributed by atoms with Crippen molar-refractivity contribution in [2.45, 2.75) is 39.2 Å². The molecule has 1 aliphatic rings. The van der Waals surface area contributed by atoms with Gasteiger partial charge in [-0.25, -0.2) is 0 Å². The second-order valence-electron chi connectivity index (χ2n) is 5.80. The van der Waals surface area contributed by atoms with E-state index in [1.807, 2.05) is 0 Å². The van der Waals surface area contributed by atoms with Crippen molar-refractivity contribution in [1.29, 1.82) is 0 Å². The van der Waals surface area contributed by atoms with E-state index in [1.165, 1.54) is 12.8 Å². The van der Waals surface area contributed by atoms with E-state index in [4.69, 9.17) is 27.9 Å². The minimum Gasteiger partial charge on any atom is -0.482 e. The fourth-order valence-corrected chi connectivity index (χ4v) is 3.23. The predicted molar refractivity (Wildman–Crippen MR) is 86.1 cm³/mol. The summed E-state index contributed by atoms with van der Waals surface area (Å²) in [7, 11) is 0. The van der Waals surface area contributed by atoms with Crippen LogP contribution in [0, 0.1) is 11.8 Å². The summed E-state index contributed by atoms with van der Waals surface area (Å²) in [4.78, 5) is 12.0. The quantitative estimate of drug-likeness (QED) is 0.893. The van der Waals surface area contributed by atoms with Gasteiger partial charge in [-0.05, 0) is 36.5 Å². The van der Waals surface area contributed by atoms with Crippen molar-refractivity contribution in [2.24, 2.45) is 11.8 Å². The van der Waals surface area contributed by atoms with Gasteiger partial charge in [-0.1, -0.05) is 49.9 Å². The molecule has 1 aromatic carbocycles. The number of carbonyl (C=O) groups is 1. The monoisotopic (exact) mass is 329 g/mol. The summed E-state index contributed by atoms with van der Waals surface area (Å²) in [6.07, 6.45) is 3.45. The molecule has 0 radical (unpaired) electrons. The van der Waals surface area contributed by atoms with Crippen LogP contribution in [-0.4, -0.2) is 18.6 Å². The summed E-state index contributed by atoms with van der Waals surface area (Å²) in [6.45, 7) is 4.41. The van der Waals surface area contributed by atoms with Crippen molar-refractivity contribution in [2.75, 3.05) is 6.61 Å². The molecular formula is C16H21Cl2NO2. The molecule has 0 aliphatic heterocycles. The lowest BCUT2D eigenvalue weighted by atomic mass is 9.78. The molecule has 116 valence electrons. The highest BCUT2D eigenvalue weighted by Crippen LogP contribution is 2.30. The van der Waals surface area contributed by atoms with E-state index in [0.717, 1.165) is 6.42 Å². The molecule has 1 fully saturated rings. The van der Waals surface area contributed by atoms with Gasteiger partial charge >= 0.3 is 0 Å². The first-order chi connectivity index (χ1) is 9.97. The molecule has 1 saturated carbocycles. The Kier molecular flexibility index (Phi) is 5.77. The predicted octanol–water partition coefficient (Wildman–Crippen LogP) is 4.31. The number of amides is 1. The average molecular weight is 330 g/mol. The van der Waals surface area contributed by atoms with Gasteiger partial charge in [0.15, 0.2) is 6.61 Å². The zero-order valence-electron chi connectivity index (χ0n) is 12.4. The number of hydrogen-bond acceptors (Lipinski definition) is 2. The van der Waals surface area contributed by atoms with Gasteiger partial charge in [0, 0.05) is 11.1 Å². The van der Waals surface area contributed by atoms with E-state index in [-0.39, 0.29) is 18.6 Å². The first kappa shape index (κ1) is 16.4. The van der Waals surface area contributed by atoms with Crippen molar-refractivity contribution < 1.29 is 9.53 Å². The minimum atomic E-state index is -0.105. The lowest BCUT2D eigenvalue weighted by molar-refractivity contribution is -0.124. The molecule has 0 spiro atoms. The third kappa shape index (κ3) is 4.52. The van der Waals surface area contributed by atoms with Crippen molar-refractivity contribution in [3.63, 3.8) is 0 Å². The summed E-state index contributed by atoms with van der Waals surface area (Å²) in [5.74, 6) is 1.52. The number of benzene rings is 1. The van der Waals surface area contributed by atoms with Crippen LogP contribution < -0.4 is 10.1 Å². The number of nitrogens with one attached hydrogen (secondary N) is 1. The number of carbonyl (C=O) groups excluding carboxylic acids is 1. The molecule has 3 nitrogen and oxygen atoms in total. The molecular weight excluding hydrogens is 309 g/mol. The molecule has 1 aromatic rings. The summed E-state index contributed by atoms with van der Waals surface area (Å²) in [6, 6.07) is 5.20. The maximum atomic E-state index is 12.0. The standard InChI is InChI=1S/C16H21Cl2NO2/c1-10-4-3-5-14(11(10)2)19-16(20)9-21-15-7-6-12(17)8-13(15)18/h6-8,10-11,14H,3-5,9H2,1-2H3,(H,19,20)/t10-,11-,14-/m1/s1. The van der Waals surface area contributed by atoms with Crippen LogP contribution in [-0.2, 0) is 4.79 Å². The highest BCUT2D eigenvalue weighted by molar-refractivity contribution is 6.35. The van der Waals surface area contributed by atoms with Crippen LogP contribution in [0.25, 0.3) is 0 Å². The second-order valence-corrected chi connectivity index (χ2v) is 6.65. The van der Waals surface area contributed by atoms with Crippen LogP contribution in [0.15, 0.2) is 18.2 Å². The Morgan fingerprint density at radius 3 is 2.81 bits per heavy atom. The van der Waals surface area contributed by atoms with Crippen molar-refractivity contribution >= 4 is 29.1 Å². The molecule has 0 unspecified atom stereocenters. The van der Waals surface area contributed by atoms with Gasteiger partial charge in [-0.15, -0.1) is 0 Å².